The summed E-state index contributed by atoms with van der Waals surface area (Å²) in [6.45, 7) is 3.56. The van der Waals surface area contributed by atoms with Crippen molar-refractivity contribution in [1.29, 1.82) is 0 Å². The molecule has 0 saturated carbocycles. The first-order valence-electron chi connectivity index (χ1n) is 9.41. The number of anilines is 2. The van der Waals surface area contributed by atoms with Crippen LogP contribution in [0, 0.1) is 13.8 Å². The Morgan fingerprint density at radius 2 is 1.60 bits per heavy atom. The van der Waals surface area contributed by atoms with E-state index in [1.165, 1.54) is 0 Å². The molecule has 0 aliphatic carbocycles. The normalized spacial score (nSPS) is 11.0. The van der Waals surface area contributed by atoms with Crippen LogP contribution in [0.1, 0.15) is 11.1 Å². The first-order chi connectivity index (χ1) is 14.2. The zero-order valence-electron chi connectivity index (χ0n) is 17.1. The molecule has 30 heavy (non-hydrogen) atoms. The zero-order chi connectivity index (χ0) is 21.7. The number of hydrogen-bond donors (Lipinski definition) is 1. The van der Waals surface area contributed by atoms with E-state index in [2.05, 4.69) is 5.32 Å². The molecule has 7 heteroatoms. The highest BCUT2D eigenvalue weighted by Gasteiger charge is 2.24. The highest BCUT2D eigenvalue weighted by atomic mass is 32.2. The molecule has 3 aromatic carbocycles. The van der Waals surface area contributed by atoms with Crippen LogP contribution < -0.4 is 14.4 Å². The highest BCUT2D eigenvalue weighted by Crippen LogP contribution is 2.33. The van der Waals surface area contributed by atoms with E-state index in [0.29, 0.717) is 22.9 Å². The van der Waals surface area contributed by atoms with Crippen LogP contribution in [0.2, 0.25) is 0 Å². The van der Waals surface area contributed by atoms with E-state index in [9.17, 15) is 13.2 Å². The van der Waals surface area contributed by atoms with E-state index in [-0.39, 0.29) is 6.54 Å². The van der Waals surface area contributed by atoms with Crippen molar-refractivity contribution >= 4 is 27.3 Å². The molecular formula is C23H24N2O4S. The summed E-state index contributed by atoms with van der Waals surface area (Å²) in [5.74, 6) is 0.462. The molecule has 0 aromatic heterocycles. The Hall–Kier alpha value is -3.32. The quantitative estimate of drug-likeness (QED) is 0.606. The Morgan fingerprint density at radius 1 is 0.933 bits per heavy atom. The third-order valence-electron chi connectivity index (χ3n) is 4.58. The number of aryl methyl sites for hydroxylation is 2. The summed E-state index contributed by atoms with van der Waals surface area (Å²) >= 11 is 0. The Balaban J connectivity index is 1.86. The van der Waals surface area contributed by atoms with Gasteiger partial charge in [0.05, 0.1) is 11.9 Å². The third kappa shape index (κ3) is 5.39. The second kappa shape index (κ2) is 9.00. The number of carbonyl (C=O) groups excluding carboxylic acids is 1. The van der Waals surface area contributed by atoms with Gasteiger partial charge in [0.25, 0.3) is 0 Å². The number of sulfonamides is 1. The largest absolute Gasteiger partial charge is 0.455 e. The topological polar surface area (TPSA) is 75.7 Å². The Bertz CT molecular complexity index is 1140. The lowest BCUT2D eigenvalue weighted by Gasteiger charge is -2.24. The molecule has 0 aliphatic heterocycles. The summed E-state index contributed by atoms with van der Waals surface area (Å²) in [5, 5.41) is 2.77. The molecule has 3 aromatic rings. The number of nitrogens with one attached hydrogen (secondary N) is 1. The summed E-state index contributed by atoms with van der Waals surface area (Å²) in [5.41, 5.74) is 3.05. The molecule has 1 N–H and O–H groups in total. The van der Waals surface area contributed by atoms with Gasteiger partial charge < -0.3 is 10.1 Å². The minimum absolute atomic E-state index is 0.291. The molecular weight excluding hydrogens is 400 g/mol. The second-order valence-electron chi connectivity index (χ2n) is 7.00. The molecule has 0 bridgehead atoms. The number of amides is 1. The first kappa shape index (κ1) is 21.4. The lowest BCUT2D eigenvalue weighted by Crippen LogP contribution is -2.37. The van der Waals surface area contributed by atoms with Gasteiger partial charge in [0.1, 0.15) is 12.3 Å². The molecule has 0 saturated heterocycles. The maximum Gasteiger partial charge on any atom is 0.245 e. The van der Waals surface area contributed by atoms with Crippen LogP contribution in [-0.2, 0) is 14.8 Å². The van der Waals surface area contributed by atoms with Gasteiger partial charge in [-0.2, -0.15) is 0 Å². The maximum absolute atomic E-state index is 12.7. The molecule has 0 unspecified atom stereocenters. The van der Waals surface area contributed by atoms with Gasteiger partial charge in [-0.3, -0.25) is 9.10 Å². The van der Waals surface area contributed by atoms with Gasteiger partial charge in [-0.25, -0.2) is 8.42 Å². The second-order valence-corrected chi connectivity index (χ2v) is 8.91. The van der Waals surface area contributed by atoms with Crippen molar-refractivity contribution in [2.24, 2.45) is 0 Å². The molecule has 3 rings (SSSR count). The number of nitrogens with zero attached hydrogens (tertiary/aromatic N) is 1. The predicted octanol–water partition coefficient (Wildman–Crippen LogP) is 4.50. The van der Waals surface area contributed by atoms with Crippen molar-refractivity contribution in [3.63, 3.8) is 0 Å². The number of hydrogen-bond acceptors (Lipinski definition) is 4. The van der Waals surface area contributed by atoms with E-state index < -0.39 is 15.9 Å². The molecule has 0 aliphatic rings. The van der Waals surface area contributed by atoms with Crippen LogP contribution in [0.3, 0.4) is 0 Å². The minimum atomic E-state index is -3.74. The predicted molar refractivity (Wildman–Crippen MR) is 120 cm³/mol. The molecule has 1 amide bonds. The van der Waals surface area contributed by atoms with Crippen molar-refractivity contribution < 1.29 is 17.9 Å². The van der Waals surface area contributed by atoms with E-state index >= 15 is 0 Å². The lowest BCUT2D eigenvalue weighted by atomic mass is 10.1. The Labute approximate surface area is 177 Å². The molecule has 0 spiro atoms. The molecule has 6 nitrogen and oxygen atoms in total. The van der Waals surface area contributed by atoms with Gasteiger partial charge in [0, 0.05) is 5.69 Å². The summed E-state index contributed by atoms with van der Waals surface area (Å²) in [4.78, 5) is 12.7. The maximum atomic E-state index is 12.7. The van der Waals surface area contributed by atoms with E-state index in [1.807, 2.05) is 44.2 Å². The molecule has 156 valence electrons. The molecule has 0 fully saturated rings. The van der Waals surface area contributed by atoms with Crippen LogP contribution in [-0.4, -0.2) is 27.1 Å². The average Bonchev–Trinajstić information content (AvgIpc) is 2.70. The fourth-order valence-electron chi connectivity index (χ4n) is 2.90. The molecule has 0 heterocycles. The fourth-order valence-corrected chi connectivity index (χ4v) is 3.76. The average molecular weight is 425 g/mol. The van der Waals surface area contributed by atoms with Gasteiger partial charge >= 0.3 is 0 Å². The van der Waals surface area contributed by atoms with Crippen LogP contribution in [0.4, 0.5) is 11.4 Å². The lowest BCUT2D eigenvalue weighted by molar-refractivity contribution is -0.114. The monoisotopic (exact) mass is 424 g/mol. The number of ether oxygens (including phenoxy) is 1. The summed E-state index contributed by atoms with van der Waals surface area (Å²) in [6.07, 6.45) is 1.07. The number of benzene rings is 3. The van der Waals surface area contributed by atoms with E-state index in [4.69, 9.17) is 4.74 Å². The molecule has 0 atom stereocenters. The first-order valence-corrected chi connectivity index (χ1v) is 11.3. The van der Waals surface area contributed by atoms with Crippen molar-refractivity contribution in [2.45, 2.75) is 13.8 Å². The number of carbonyl (C=O) groups is 1. The van der Waals surface area contributed by atoms with Gasteiger partial charge in [0.2, 0.25) is 15.9 Å². The van der Waals surface area contributed by atoms with Crippen LogP contribution in [0.15, 0.2) is 72.8 Å². The van der Waals surface area contributed by atoms with Crippen molar-refractivity contribution in [3.05, 3.63) is 83.9 Å². The fraction of sp³-hybridized carbons (Fsp3) is 0.174. The summed E-state index contributed by atoms with van der Waals surface area (Å²) in [7, 11) is -3.74. The van der Waals surface area contributed by atoms with Crippen LogP contribution in [0.25, 0.3) is 0 Å². The zero-order valence-corrected chi connectivity index (χ0v) is 17.9. The number of para-hydroxylation sites is 3. The van der Waals surface area contributed by atoms with Crippen molar-refractivity contribution in [1.82, 2.24) is 0 Å². The standard InChI is InChI=1S/C23H24N2O4S/c1-17-13-14-19(15-18(17)2)24-23(26)16-25(30(3,27)28)21-11-7-8-12-22(21)29-20-9-5-4-6-10-20/h4-15H,16H2,1-3H3,(H,24,26). The van der Waals surface area contributed by atoms with Gasteiger partial charge in [-0.05, 0) is 61.4 Å². The van der Waals surface area contributed by atoms with Crippen molar-refractivity contribution in [3.8, 4) is 11.5 Å². The Kier molecular flexibility index (Phi) is 6.42. The van der Waals surface area contributed by atoms with Crippen molar-refractivity contribution in [2.75, 3.05) is 22.4 Å². The van der Waals surface area contributed by atoms with Gasteiger partial charge in [-0.1, -0.05) is 36.4 Å². The van der Waals surface area contributed by atoms with E-state index in [0.717, 1.165) is 21.7 Å². The minimum Gasteiger partial charge on any atom is -0.455 e. The highest BCUT2D eigenvalue weighted by molar-refractivity contribution is 7.92. The summed E-state index contributed by atoms with van der Waals surface area (Å²) in [6, 6.07) is 21.3. The van der Waals surface area contributed by atoms with Crippen LogP contribution in [0.5, 0.6) is 11.5 Å². The SMILES string of the molecule is Cc1ccc(NC(=O)CN(c2ccccc2Oc2ccccc2)S(C)(=O)=O)cc1C. The van der Waals surface area contributed by atoms with E-state index in [1.54, 1.807) is 42.5 Å². The molecule has 0 radical (unpaired) electrons. The summed E-state index contributed by atoms with van der Waals surface area (Å²) < 4.78 is 31.9. The van der Waals surface area contributed by atoms with Gasteiger partial charge in [0.15, 0.2) is 5.75 Å². The Morgan fingerprint density at radius 3 is 2.27 bits per heavy atom. The third-order valence-corrected chi connectivity index (χ3v) is 5.71. The smallest absolute Gasteiger partial charge is 0.245 e. The number of rotatable bonds is 7. The van der Waals surface area contributed by atoms with Crippen LogP contribution >= 0.6 is 0 Å². The van der Waals surface area contributed by atoms with Gasteiger partial charge in [-0.15, -0.1) is 0 Å².